The zero-order valence-corrected chi connectivity index (χ0v) is 8.39. The van der Waals surface area contributed by atoms with Gasteiger partial charge in [0.1, 0.15) is 0 Å². The molecule has 13 heavy (non-hydrogen) atoms. The first kappa shape index (κ1) is 8.75. The molecular weight excluding hydrogens is 180 g/mol. The molecule has 0 aliphatic carbocycles. The van der Waals surface area contributed by atoms with Crippen LogP contribution in [0.15, 0.2) is 24.3 Å². The minimum absolute atomic E-state index is 0.857. The molecule has 1 aliphatic heterocycles. The number of nitrogens with two attached hydrogens (primary N) is 1. The number of thioether (sulfide) groups is 1. The maximum absolute atomic E-state index is 5.73. The van der Waals surface area contributed by atoms with Gasteiger partial charge in [-0.1, -0.05) is 6.07 Å². The van der Waals surface area contributed by atoms with Crippen molar-refractivity contribution >= 4 is 23.1 Å². The van der Waals surface area contributed by atoms with Gasteiger partial charge >= 0.3 is 0 Å². The second-order valence-electron chi connectivity index (χ2n) is 3.19. The molecule has 0 spiro atoms. The number of hydrogen-bond acceptors (Lipinski definition) is 3. The molecule has 0 atom stereocenters. The third-order valence-electron chi connectivity index (χ3n) is 2.25. The summed E-state index contributed by atoms with van der Waals surface area (Å²) >= 11 is 2.02. The van der Waals surface area contributed by atoms with Crippen molar-refractivity contribution in [1.82, 2.24) is 0 Å². The Labute approximate surface area is 83.1 Å². The van der Waals surface area contributed by atoms with Gasteiger partial charge in [-0.2, -0.15) is 11.8 Å². The van der Waals surface area contributed by atoms with E-state index in [0.29, 0.717) is 0 Å². The predicted molar refractivity (Wildman–Crippen MR) is 60.4 cm³/mol. The third-order valence-corrected chi connectivity index (χ3v) is 3.19. The van der Waals surface area contributed by atoms with Crippen LogP contribution in [0.4, 0.5) is 11.4 Å². The molecule has 2 rings (SSSR count). The highest BCUT2D eigenvalue weighted by molar-refractivity contribution is 7.99. The second-order valence-corrected chi connectivity index (χ2v) is 4.42. The minimum Gasteiger partial charge on any atom is -0.399 e. The number of hydrogen-bond donors (Lipinski definition) is 1. The number of rotatable bonds is 1. The van der Waals surface area contributed by atoms with Gasteiger partial charge in [0, 0.05) is 36.0 Å². The van der Waals surface area contributed by atoms with E-state index in [1.54, 1.807) is 0 Å². The van der Waals surface area contributed by atoms with E-state index in [2.05, 4.69) is 17.0 Å². The van der Waals surface area contributed by atoms with Gasteiger partial charge in [0.15, 0.2) is 0 Å². The molecule has 1 fully saturated rings. The average molecular weight is 194 g/mol. The number of nitrogen functional groups attached to an aromatic ring is 1. The summed E-state index contributed by atoms with van der Waals surface area (Å²) in [4.78, 5) is 2.40. The minimum atomic E-state index is 0.857. The van der Waals surface area contributed by atoms with E-state index in [0.717, 1.165) is 18.8 Å². The van der Waals surface area contributed by atoms with Crippen LogP contribution in [0.25, 0.3) is 0 Å². The molecule has 0 aromatic heterocycles. The molecular formula is C10H14N2S. The van der Waals surface area contributed by atoms with Gasteiger partial charge in [-0.25, -0.2) is 0 Å². The second kappa shape index (κ2) is 3.92. The quantitative estimate of drug-likeness (QED) is 0.691. The molecule has 1 aromatic carbocycles. The molecule has 1 saturated heterocycles. The Kier molecular flexibility index (Phi) is 2.64. The monoisotopic (exact) mass is 194 g/mol. The molecule has 1 aliphatic rings. The zero-order valence-electron chi connectivity index (χ0n) is 7.57. The van der Waals surface area contributed by atoms with Gasteiger partial charge in [-0.05, 0) is 18.2 Å². The molecule has 3 heteroatoms. The van der Waals surface area contributed by atoms with Gasteiger partial charge in [0.2, 0.25) is 0 Å². The van der Waals surface area contributed by atoms with Crippen molar-refractivity contribution in [3.8, 4) is 0 Å². The van der Waals surface area contributed by atoms with Crippen LogP contribution >= 0.6 is 11.8 Å². The lowest BCUT2D eigenvalue weighted by atomic mass is 10.2. The third kappa shape index (κ3) is 2.10. The van der Waals surface area contributed by atoms with Crippen LogP contribution in [-0.4, -0.2) is 24.6 Å². The molecule has 0 unspecified atom stereocenters. The Balaban J connectivity index is 2.14. The zero-order chi connectivity index (χ0) is 9.10. The van der Waals surface area contributed by atoms with Crippen LogP contribution in [0.3, 0.4) is 0 Å². The van der Waals surface area contributed by atoms with Crippen LogP contribution in [0, 0.1) is 0 Å². The van der Waals surface area contributed by atoms with Crippen molar-refractivity contribution in [3.05, 3.63) is 24.3 Å². The van der Waals surface area contributed by atoms with Crippen molar-refractivity contribution < 1.29 is 0 Å². The van der Waals surface area contributed by atoms with Gasteiger partial charge in [-0.3, -0.25) is 0 Å². The molecule has 2 nitrogen and oxygen atoms in total. The normalized spacial score (nSPS) is 17.4. The Morgan fingerprint density at radius 3 is 2.69 bits per heavy atom. The highest BCUT2D eigenvalue weighted by Crippen LogP contribution is 2.20. The van der Waals surface area contributed by atoms with Crippen LogP contribution < -0.4 is 10.6 Å². The molecule has 2 N–H and O–H groups in total. The van der Waals surface area contributed by atoms with Crippen molar-refractivity contribution in [2.45, 2.75) is 0 Å². The lowest BCUT2D eigenvalue weighted by Gasteiger charge is -2.28. The summed E-state index contributed by atoms with van der Waals surface area (Å²) in [5.41, 5.74) is 7.85. The lowest BCUT2D eigenvalue weighted by molar-refractivity contribution is 0.859. The van der Waals surface area contributed by atoms with Crippen molar-refractivity contribution in [2.75, 3.05) is 35.2 Å². The summed E-state index contributed by atoms with van der Waals surface area (Å²) in [5, 5.41) is 0. The standard InChI is InChI=1S/C10H14N2S/c11-9-2-1-3-10(8-9)12-4-6-13-7-5-12/h1-3,8H,4-7,11H2. The number of benzene rings is 1. The van der Waals surface area contributed by atoms with E-state index < -0.39 is 0 Å². The van der Waals surface area contributed by atoms with Crippen LogP contribution in [-0.2, 0) is 0 Å². The summed E-state index contributed by atoms with van der Waals surface area (Å²) in [7, 11) is 0. The van der Waals surface area contributed by atoms with Crippen molar-refractivity contribution in [2.24, 2.45) is 0 Å². The fourth-order valence-electron chi connectivity index (χ4n) is 1.54. The topological polar surface area (TPSA) is 29.3 Å². The van der Waals surface area contributed by atoms with E-state index in [9.17, 15) is 0 Å². The summed E-state index contributed by atoms with van der Waals surface area (Å²) in [6, 6.07) is 8.14. The van der Waals surface area contributed by atoms with Crippen molar-refractivity contribution in [3.63, 3.8) is 0 Å². The molecule has 0 amide bonds. The Morgan fingerprint density at radius 2 is 2.00 bits per heavy atom. The fourth-order valence-corrected chi connectivity index (χ4v) is 2.45. The van der Waals surface area contributed by atoms with Crippen LogP contribution in [0.1, 0.15) is 0 Å². The summed E-state index contributed by atoms with van der Waals surface area (Å²) in [6.45, 7) is 2.29. The van der Waals surface area contributed by atoms with Gasteiger partial charge in [0.05, 0.1) is 0 Å². The van der Waals surface area contributed by atoms with E-state index in [1.165, 1.54) is 17.2 Å². The first-order chi connectivity index (χ1) is 6.36. The van der Waals surface area contributed by atoms with Gasteiger partial charge < -0.3 is 10.6 Å². The first-order valence-corrected chi connectivity index (χ1v) is 5.70. The maximum atomic E-state index is 5.73. The Morgan fingerprint density at radius 1 is 1.23 bits per heavy atom. The van der Waals surface area contributed by atoms with Gasteiger partial charge in [0.25, 0.3) is 0 Å². The average Bonchev–Trinajstić information content (AvgIpc) is 2.19. The summed E-state index contributed by atoms with van der Waals surface area (Å²) < 4.78 is 0. The van der Waals surface area contributed by atoms with E-state index in [4.69, 9.17) is 5.73 Å². The lowest BCUT2D eigenvalue weighted by Crippen LogP contribution is -2.32. The molecule has 0 bridgehead atoms. The van der Waals surface area contributed by atoms with Crippen LogP contribution in [0.2, 0.25) is 0 Å². The molecule has 1 aromatic rings. The predicted octanol–water partition coefficient (Wildman–Crippen LogP) is 1.82. The van der Waals surface area contributed by atoms with E-state index >= 15 is 0 Å². The molecule has 0 radical (unpaired) electrons. The number of nitrogens with zero attached hydrogens (tertiary/aromatic N) is 1. The Bertz CT molecular complexity index is 282. The SMILES string of the molecule is Nc1cccc(N2CCSCC2)c1. The first-order valence-electron chi connectivity index (χ1n) is 4.54. The summed E-state index contributed by atoms with van der Waals surface area (Å²) in [5.74, 6) is 2.46. The summed E-state index contributed by atoms with van der Waals surface area (Å²) in [6.07, 6.45) is 0. The van der Waals surface area contributed by atoms with E-state index in [1.807, 2.05) is 23.9 Å². The maximum Gasteiger partial charge on any atom is 0.0387 e. The van der Waals surface area contributed by atoms with Crippen molar-refractivity contribution in [1.29, 1.82) is 0 Å². The molecule has 70 valence electrons. The fraction of sp³-hybridized carbons (Fsp3) is 0.400. The number of anilines is 2. The largest absolute Gasteiger partial charge is 0.399 e. The highest BCUT2D eigenvalue weighted by Gasteiger charge is 2.10. The smallest absolute Gasteiger partial charge is 0.0387 e. The van der Waals surface area contributed by atoms with Gasteiger partial charge in [-0.15, -0.1) is 0 Å². The van der Waals surface area contributed by atoms with E-state index in [-0.39, 0.29) is 0 Å². The Hall–Kier alpha value is -0.830. The molecule has 0 saturated carbocycles. The molecule has 1 heterocycles. The highest BCUT2D eigenvalue weighted by atomic mass is 32.2. The van der Waals surface area contributed by atoms with Crippen LogP contribution in [0.5, 0.6) is 0 Å².